The average Bonchev–Trinajstić information content (AvgIpc) is 2.96. The molecule has 0 saturated heterocycles. The van der Waals surface area contributed by atoms with Crippen LogP contribution in [-0.4, -0.2) is 41.1 Å². The van der Waals surface area contributed by atoms with Gasteiger partial charge >= 0.3 is 6.18 Å². The number of carbonyl (C=O) groups excluding carboxylic acids is 2. The minimum Gasteiger partial charge on any atom is -0.393 e. The predicted octanol–water partition coefficient (Wildman–Crippen LogP) is 5.62. The van der Waals surface area contributed by atoms with Gasteiger partial charge in [-0.25, -0.2) is 13.2 Å². The van der Waals surface area contributed by atoms with E-state index in [0.717, 1.165) is 11.0 Å². The van der Waals surface area contributed by atoms with Crippen LogP contribution in [0.15, 0.2) is 60.7 Å². The molecule has 39 heavy (non-hydrogen) atoms. The molecule has 0 fully saturated rings. The molecule has 0 unspecified atom stereocenters. The van der Waals surface area contributed by atoms with Gasteiger partial charge in [0, 0.05) is 34.8 Å². The number of anilines is 2. The number of amides is 2. The van der Waals surface area contributed by atoms with E-state index < -0.39 is 71.6 Å². The Balaban J connectivity index is 1.62. The summed E-state index contributed by atoms with van der Waals surface area (Å²) in [5.74, 6) is -6.90. The van der Waals surface area contributed by atoms with Gasteiger partial charge in [-0.2, -0.15) is 13.2 Å². The van der Waals surface area contributed by atoms with Crippen LogP contribution in [0.5, 0.6) is 0 Å². The van der Waals surface area contributed by atoms with Crippen LogP contribution in [0.1, 0.15) is 38.3 Å². The van der Waals surface area contributed by atoms with Crippen molar-refractivity contribution in [2.24, 2.45) is 0 Å². The standard InChI is InChI=1S/C26H19ClF6N2O4/c27-15-3-8-21-20(11-15)24(39,13-36)25(29,30)9-10-35(21)23(38)14-1-5-17(6-2-14)34-22(37)18-12-16(28)4-7-19(18)26(31,32)33/h1-8,11-12,36,39H,9-10,13H2,(H,34,37)/t24-/m0/s1. The third-order valence-electron chi connectivity index (χ3n) is 6.34. The van der Waals surface area contributed by atoms with Gasteiger partial charge in [0.05, 0.1) is 23.4 Å². The highest BCUT2D eigenvalue weighted by Crippen LogP contribution is 2.47. The van der Waals surface area contributed by atoms with Crippen molar-refractivity contribution in [2.75, 3.05) is 23.4 Å². The molecule has 4 rings (SSSR count). The molecule has 3 aromatic rings. The van der Waals surface area contributed by atoms with Crippen LogP contribution >= 0.6 is 11.6 Å². The zero-order valence-electron chi connectivity index (χ0n) is 19.7. The zero-order chi connectivity index (χ0) is 28.8. The number of nitrogens with one attached hydrogen (secondary N) is 1. The van der Waals surface area contributed by atoms with Gasteiger partial charge in [0.2, 0.25) is 0 Å². The Morgan fingerprint density at radius 3 is 2.31 bits per heavy atom. The number of halogens is 7. The number of carbonyl (C=O) groups is 2. The summed E-state index contributed by atoms with van der Waals surface area (Å²) in [6.07, 6.45) is -5.91. The number of fused-ring (bicyclic) bond motifs is 1. The van der Waals surface area contributed by atoms with Gasteiger partial charge in [0.25, 0.3) is 17.7 Å². The fraction of sp³-hybridized carbons (Fsp3) is 0.231. The summed E-state index contributed by atoms with van der Waals surface area (Å²) in [5, 5.41) is 22.5. The van der Waals surface area contributed by atoms with Crippen LogP contribution in [0.4, 0.5) is 37.7 Å². The van der Waals surface area contributed by atoms with Gasteiger partial charge in [0.1, 0.15) is 5.82 Å². The maximum atomic E-state index is 14.9. The van der Waals surface area contributed by atoms with E-state index in [-0.39, 0.29) is 22.0 Å². The Bertz CT molecular complexity index is 1430. The minimum atomic E-state index is -4.91. The van der Waals surface area contributed by atoms with E-state index >= 15 is 0 Å². The number of hydrogen-bond acceptors (Lipinski definition) is 4. The van der Waals surface area contributed by atoms with E-state index in [1.807, 2.05) is 0 Å². The fourth-order valence-corrected chi connectivity index (χ4v) is 4.44. The Morgan fingerprint density at radius 1 is 1.03 bits per heavy atom. The SMILES string of the molecule is O=C(Nc1ccc(C(=O)N2CCC(F)(F)[C@](O)(CO)c3cc(Cl)ccc32)cc1)c1cc(F)ccc1C(F)(F)F. The number of aliphatic hydroxyl groups is 2. The quantitative estimate of drug-likeness (QED) is 0.354. The largest absolute Gasteiger partial charge is 0.417 e. The number of nitrogens with zero attached hydrogens (tertiary/aromatic N) is 1. The highest BCUT2D eigenvalue weighted by atomic mass is 35.5. The lowest BCUT2D eigenvalue weighted by Gasteiger charge is -2.33. The van der Waals surface area contributed by atoms with E-state index in [9.17, 15) is 46.1 Å². The molecule has 3 aromatic carbocycles. The second-order valence-corrected chi connectivity index (χ2v) is 9.25. The summed E-state index contributed by atoms with van der Waals surface area (Å²) in [4.78, 5) is 26.8. The van der Waals surface area contributed by atoms with Crippen LogP contribution in [-0.2, 0) is 11.8 Å². The lowest BCUT2D eigenvalue weighted by molar-refractivity contribution is -0.205. The molecule has 206 valence electrons. The maximum absolute atomic E-state index is 14.9. The molecule has 13 heteroatoms. The first kappa shape index (κ1) is 28.4. The van der Waals surface area contributed by atoms with E-state index in [4.69, 9.17) is 11.6 Å². The summed E-state index contributed by atoms with van der Waals surface area (Å²) in [6, 6.07) is 9.86. The third kappa shape index (κ3) is 5.32. The first-order valence-electron chi connectivity index (χ1n) is 11.3. The van der Waals surface area contributed by atoms with Crippen LogP contribution < -0.4 is 10.2 Å². The van der Waals surface area contributed by atoms with Crippen molar-refractivity contribution in [1.82, 2.24) is 0 Å². The van der Waals surface area contributed by atoms with Gasteiger partial charge < -0.3 is 20.4 Å². The van der Waals surface area contributed by atoms with Crippen molar-refractivity contribution in [3.8, 4) is 0 Å². The number of benzene rings is 3. The van der Waals surface area contributed by atoms with Gasteiger partial charge in [-0.1, -0.05) is 11.6 Å². The van der Waals surface area contributed by atoms with Crippen LogP contribution in [0.25, 0.3) is 0 Å². The summed E-state index contributed by atoms with van der Waals surface area (Å²) < 4.78 is 83.0. The zero-order valence-corrected chi connectivity index (χ0v) is 20.5. The second-order valence-electron chi connectivity index (χ2n) is 8.81. The van der Waals surface area contributed by atoms with Crippen molar-refractivity contribution in [2.45, 2.75) is 24.1 Å². The number of aliphatic hydroxyl groups excluding tert-OH is 1. The van der Waals surface area contributed by atoms with Gasteiger partial charge in [-0.15, -0.1) is 0 Å². The molecule has 3 N–H and O–H groups in total. The second kappa shape index (κ2) is 10.2. The Hall–Kier alpha value is -3.61. The third-order valence-corrected chi connectivity index (χ3v) is 6.58. The highest BCUT2D eigenvalue weighted by Gasteiger charge is 2.56. The van der Waals surface area contributed by atoms with Crippen molar-refractivity contribution in [3.05, 3.63) is 93.8 Å². The normalized spacial score (nSPS) is 18.7. The highest BCUT2D eigenvalue weighted by molar-refractivity contribution is 6.30. The van der Waals surface area contributed by atoms with E-state index in [2.05, 4.69) is 5.32 Å². The molecule has 2 amide bonds. The van der Waals surface area contributed by atoms with Crippen molar-refractivity contribution in [3.63, 3.8) is 0 Å². The van der Waals surface area contributed by atoms with Crippen molar-refractivity contribution in [1.29, 1.82) is 0 Å². The first-order chi connectivity index (χ1) is 18.2. The molecular weight excluding hydrogens is 554 g/mol. The predicted molar refractivity (Wildman–Crippen MR) is 129 cm³/mol. The molecular formula is C26H19ClF6N2O4. The molecule has 1 atom stereocenters. The number of hydrogen-bond donors (Lipinski definition) is 3. The Labute approximate surface area is 222 Å². The fourth-order valence-electron chi connectivity index (χ4n) is 4.27. The van der Waals surface area contributed by atoms with E-state index in [1.165, 1.54) is 36.4 Å². The summed E-state index contributed by atoms with van der Waals surface area (Å²) >= 11 is 5.94. The van der Waals surface area contributed by atoms with Crippen LogP contribution in [0, 0.1) is 5.82 Å². The topological polar surface area (TPSA) is 89.9 Å². The number of alkyl halides is 5. The summed E-state index contributed by atoms with van der Waals surface area (Å²) in [5.41, 5.74) is -5.93. The smallest absolute Gasteiger partial charge is 0.393 e. The Morgan fingerprint density at radius 2 is 1.69 bits per heavy atom. The molecule has 1 heterocycles. The molecule has 1 aliphatic rings. The van der Waals surface area contributed by atoms with Crippen LogP contribution in [0.2, 0.25) is 5.02 Å². The molecule has 0 radical (unpaired) electrons. The summed E-state index contributed by atoms with van der Waals surface area (Å²) in [6.45, 7) is -1.88. The molecule has 0 spiro atoms. The van der Waals surface area contributed by atoms with Gasteiger partial charge in [-0.3, -0.25) is 9.59 Å². The van der Waals surface area contributed by atoms with E-state index in [1.54, 1.807) is 0 Å². The lowest BCUT2D eigenvalue weighted by atomic mass is 9.86. The molecule has 0 saturated carbocycles. The molecule has 0 aromatic heterocycles. The number of rotatable bonds is 4. The molecule has 1 aliphatic heterocycles. The summed E-state index contributed by atoms with van der Waals surface area (Å²) in [7, 11) is 0. The van der Waals surface area contributed by atoms with E-state index in [0.29, 0.717) is 18.2 Å². The average molecular weight is 573 g/mol. The van der Waals surface area contributed by atoms with Gasteiger partial charge in [0.15, 0.2) is 5.60 Å². The van der Waals surface area contributed by atoms with Crippen molar-refractivity contribution < 1.29 is 46.1 Å². The van der Waals surface area contributed by atoms with Crippen molar-refractivity contribution >= 4 is 34.8 Å². The Kier molecular flexibility index (Phi) is 7.41. The molecule has 6 nitrogen and oxygen atoms in total. The van der Waals surface area contributed by atoms with Crippen LogP contribution in [0.3, 0.4) is 0 Å². The maximum Gasteiger partial charge on any atom is 0.417 e. The minimum absolute atomic E-state index is 0.0159. The molecule has 0 aliphatic carbocycles. The monoisotopic (exact) mass is 572 g/mol. The first-order valence-corrected chi connectivity index (χ1v) is 11.7. The van der Waals surface area contributed by atoms with Gasteiger partial charge in [-0.05, 0) is 60.7 Å². The lowest BCUT2D eigenvalue weighted by Crippen LogP contribution is -2.48. The molecule has 0 bridgehead atoms.